The van der Waals surface area contributed by atoms with Gasteiger partial charge in [0.25, 0.3) is 0 Å². The molecule has 0 unspecified atom stereocenters. The van der Waals surface area contributed by atoms with Gasteiger partial charge in [0.15, 0.2) is 19.0 Å². The third kappa shape index (κ3) is 25.5. The van der Waals surface area contributed by atoms with Gasteiger partial charge in [0, 0.05) is 86.2 Å². The fraction of sp³-hybridized carbons (Fsp3) is 0.552. The predicted octanol–water partition coefficient (Wildman–Crippen LogP) is 12.0. The summed E-state index contributed by atoms with van der Waals surface area (Å²) in [4.78, 5) is 8.57. The molecule has 3 rings (SSSR count). The molecule has 0 bridgehead atoms. The van der Waals surface area contributed by atoms with Gasteiger partial charge >= 0.3 is 0 Å². The van der Waals surface area contributed by atoms with Crippen LogP contribution in [0.15, 0.2) is 103 Å². The number of nitrogens with zero attached hydrogens (tertiary/aromatic N) is 5. The second kappa shape index (κ2) is 34.7. The van der Waals surface area contributed by atoms with Crippen molar-refractivity contribution in [1.82, 2.24) is 0 Å². The number of quaternary nitrogens is 2. The highest BCUT2D eigenvalue weighted by Gasteiger charge is 2.18. The third-order valence-electron chi connectivity index (χ3n) is 12.3. The van der Waals surface area contributed by atoms with E-state index in [1.54, 1.807) is 0 Å². The highest BCUT2D eigenvalue weighted by atomic mass is 33.1. The topological polar surface area (TPSA) is 24.3 Å². The normalized spacial score (nSPS) is 12.6. The lowest BCUT2D eigenvalue weighted by molar-refractivity contribution is -0.892. The van der Waals surface area contributed by atoms with Crippen molar-refractivity contribution in [1.29, 1.82) is 0 Å². The Hall–Kier alpha value is -3.56. The zero-order valence-electron chi connectivity index (χ0n) is 43.1. The number of anilines is 2. The molecule has 1 N–H and O–H groups in total. The maximum absolute atomic E-state index is 3.47. The van der Waals surface area contributed by atoms with E-state index in [0.717, 1.165) is 48.2 Å². The zero-order chi connectivity index (χ0) is 47.6. The molecule has 0 saturated heterocycles. The van der Waals surface area contributed by atoms with Crippen LogP contribution in [0.1, 0.15) is 122 Å². The number of rotatable bonds is 37. The van der Waals surface area contributed by atoms with E-state index in [2.05, 4.69) is 225 Å². The van der Waals surface area contributed by atoms with E-state index in [1.807, 2.05) is 0 Å². The summed E-state index contributed by atoms with van der Waals surface area (Å²) in [5, 5.41) is 0. The van der Waals surface area contributed by atoms with E-state index in [4.69, 9.17) is 0 Å². The number of allylic oxidation sites excluding steroid dienone is 5. The van der Waals surface area contributed by atoms with Crippen LogP contribution in [0.3, 0.4) is 0 Å². The summed E-state index contributed by atoms with van der Waals surface area (Å²) in [5.41, 5.74) is 6.46. The molecule has 0 atom stereocenters. The first kappa shape index (κ1) is 56.8. The van der Waals surface area contributed by atoms with Gasteiger partial charge in [-0.15, -0.1) is 0 Å². The SMILES string of the molecule is CCCCN(CCCC)c1ccc(/C=C/C=C/C=C\C=[NH+]CCC[N+](C)(C)CCCSSCCC[N+](C)(C)CCC[n+]2ccccc2/C=C/c2ccc(N(CCCC)CCCC)cc2)cc1. The van der Waals surface area contributed by atoms with Gasteiger partial charge in [-0.25, -0.2) is 4.99 Å². The van der Waals surface area contributed by atoms with E-state index in [0.29, 0.717) is 0 Å². The van der Waals surface area contributed by atoms with Gasteiger partial charge in [0.2, 0.25) is 5.69 Å². The first-order chi connectivity index (χ1) is 32.1. The molecule has 1 heterocycles. The van der Waals surface area contributed by atoms with Crippen molar-refractivity contribution in [2.75, 3.05) is 108 Å². The number of pyridine rings is 1. The van der Waals surface area contributed by atoms with Crippen LogP contribution in [-0.4, -0.2) is 114 Å². The maximum Gasteiger partial charge on any atom is 0.205 e. The Morgan fingerprint density at radius 3 is 1.50 bits per heavy atom. The molecule has 0 spiro atoms. The molecule has 0 amide bonds. The second-order valence-corrected chi connectivity index (χ2v) is 22.0. The number of hydrogen-bond donors (Lipinski definition) is 1. The molecule has 8 heteroatoms. The van der Waals surface area contributed by atoms with Crippen molar-refractivity contribution in [3.8, 4) is 0 Å². The molecular formula is C58H94N6S2+4. The monoisotopic (exact) mass is 939 g/mol. The molecule has 0 saturated carbocycles. The molecular weight excluding hydrogens is 845 g/mol. The summed E-state index contributed by atoms with van der Waals surface area (Å²) in [6.07, 6.45) is 36.4. The molecule has 66 heavy (non-hydrogen) atoms. The molecule has 6 nitrogen and oxygen atoms in total. The molecule has 3 aromatic rings. The van der Waals surface area contributed by atoms with Crippen LogP contribution in [0.5, 0.6) is 0 Å². The minimum atomic E-state index is 1.01. The van der Waals surface area contributed by atoms with E-state index in [1.165, 1.54) is 143 Å². The Morgan fingerprint density at radius 2 is 0.970 bits per heavy atom. The average molecular weight is 940 g/mol. The van der Waals surface area contributed by atoms with Crippen LogP contribution < -0.4 is 19.4 Å². The summed E-state index contributed by atoms with van der Waals surface area (Å²) in [6, 6.07) is 24.7. The van der Waals surface area contributed by atoms with Crippen molar-refractivity contribution in [2.45, 2.75) is 111 Å². The van der Waals surface area contributed by atoms with Crippen LogP contribution in [0.2, 0.25) is 0 Å². The number of unbranched alkanes of at least 4 members (excludes halogenated alkanes) is 4. The zero-order valence-corrected chi connectivity index (χ0v) is 44.8. The summed E-state index contributed by atoms with van der Waals surface area (Å²) in [6.45, 7) is 20.6. The third-order valence-corrected chi connectivity index (χ3v) is 14.9. The largest absolute Gasteiger partial charge is 0.372 e. The lowest BCUT2D eigenvalue weighted by Crippen LogP contribution is -2.69. The Balaban J connectivity index is 1.23. The van der Waals surface area contributed by atoms with E-state index in [-0.39, 0.29) is 0 Å². The lowest BCUT2D eigenvalue weighted by Gasteiger charge is -2.29. The standard InChI is InChI=1S/C58H93N6S2/c1-9-13-42-60(43-14-10-2)57-36-30-54(31-37-57)28-20-18-17-19-22-40-59-41-24-48-63(5,6)50-26-52-65-66-53-27-51-64(7,8)49-25-47-62-46-23-21-29-56(62)35-32-55-33-38-58(39-34-55)61(44-15-11-3)45-16-12-4/h17-23,28-40,46H,9-16,24-27,41-45,47-53H2,1-8H3/q+3/p+1/b18-17+,22-19-,28-20+,59-40?. The quantitative estimate of drug-likeness (QED) is 0.0155. The van der Waals surface area contributed by atoms with E-state index >= 15 is 0 Å². The Morgan fingerprint density at radius 1 is 0.500 bits per heavy atom. The number of aromatic nitrogens is 1. The molecule has 0 aliphatic rings. The van der Waals surface area contributed by atoms with Gasteiger partial charge in [-0.05, 0) is 73.2 Å². The van der Waals surface area contributed by atoms with Crippen LogP contribution in [0, 0.1) is 0 Å². The lowest BCUT2D eigenvalue weighted by atomic mass is 10.1. The number of aryl methyl sites for hydroxylation is 1. The van der Waals surface area contributed by atoms with Crippen molar-refractivity contribution in [3.63, 3.8) is 0 Å². The predicted molar refractivity (Wildman–Crippen MR) is 299 cm³/mol. The fourth-order valence-electron chi connectivity index (χ4n) is 8.04. The number of hydrogen-bond acceptors (Lipinski definition) is 4. The molecule has 0 aliphatic heterocycles. The summed E-state index contributed by atoms with van der Waals surface area (Å²) in [7, 11) is 13.7. The van der Waals surface area contributed by atoms with Gasteiger partial charge in [-0.3, -0.25) is 0 Å². The van der Waals surface area contributed by atoms with Crippen LogP contribution >= 0.6 is 21.6 Å². The summed E-state index contributed by atoms with van der Waals surface area (Å²) < 4.78 is 4.59. The van der Waals surface area contributed by atoms with Crippen molar-refractivity contribution < 1.29 is 18.5 Å². The molecule has 0 aliphatic carbocycles. The number of nitrogens with one attached hydrogen (secondary N) is 1. The van der Waals surface area contributed by atoms with Crippen molar-refractivity contribution in [2.24, 2.45) is 0 Å². The molecule has 364 valence electrons. The minimum absolute atomic E-state index is 1.01. The van der Waals surface area contributed by atoms with Crippen LogP contribution in [0.4, 0.5) is 11.4 Å². The molecule has 0 radical (unpaired) electrons. The Bertz CT molecular complexity index is 1810. The molecule has 1 aromatic heterocycles. The smallest absolute Gasteiger partial charge is 0.205 e. The van der Waals surface area contributed by atoms with Crippen molar-refractivity contribution >= 4 is 57.4 Å². The van der Waals surface area contributed by atoms with Gasteiger partial charge in [0.05, 0.1) is 67.2 Å². The summed E-state index contributed by atoms with van der Waals surface area (Å²) in [5.74, 6) is 2.47. The fourth-order valence-corrected chi connectivity index (χ4v) is 10.2. The summed E-state index contributed by atoms with van der Waals surface area (Å²) >= 11 is 0. The number of benzene rings is 2. The highest BCUT2D eigenvalue weighted by molar-refractivity contribution is 8.76. The average Bonchev–Trinajstić information content (AvgIpc) is 3.31. The molecule has 0 fully saturated rings. The second-order valence-electron chi connectivity index (χ2n) is 19.3. The van der Waals surface area contributed by atoms with Crippen molar-refractivity contribution in [3.05, 3.63) is 120 Å². The first-order valence-electron chi connectivity index (χ1n) is 25.9. The van der Waals surface area contributed by atoms with Gasteiger partial charge in [0.1, 0.15) is 6.54 Å². The van der Waals surface area contributed by atoms with Gasteiger partial charge < -0.3 is 18.8 Å². The minimum Gasteiger partial charge on any atom is -0.372 e. The van der Waals surface area contributed by atoms with Crippen LogP contribution in [-0.2, 0) is 6.54 Å². The van der Waals surface area contributed by atoms with E-state index < -0.39 is 0 Å². The van der Waals surface area contributed by atoms with Crippen LogP contribution in [0.25, 0.3) is 18.2 Å². The maximum atomic E-state index is 3.47. The Labute approximate surface area is 413 Å². The Kier molecular flexibility index (Phi) is 29.8. The van der Waals surface area contributed by atoms with E-state index in [9.17, 15) is 0 Å². The first-order valence-corrected chi connectivity index (χ1v) is 28.4. The van der Waals surface area contributed by atoms with Gasteiger partial charge in [-0.1, -0.05) is 130 Å². The molecule has 2 aromatic carbocycles. The van der Waals surface area contributed by atoms with Gasteiger partial charge in [-0.2, -0.15) is 4.57 Å². The highest BCUT2D eigenvalue weighted by Crippen LogP contribution is 2.24.